The molecule has 0 spiro atoms. The zero-order chi connectivity index (χ0) is 13.1. The van der Waals surface area contributed by atoms with Crippen LogP contribution in [0, 0.1) is 13.8 Å². The van der Waals surface area contributed by atoms with Crippen molar-refractivity contribution in [1.29, 1.82) is 0 Å². The molecule has 18 heavy (non-hydrogen) atoms. The van der Waals surface area contributed by atoms with Gasteiger partial charge >= 0.3 is 0 Å². The van der Waals surface area contributed by atoms with Gasteiger partial charge in [-0.25, -0.2) is 0 Å². The standard InChI is InChI=1S/C14H23N3O/c1-10-8-12(9-11(2)13(10)18-3)14(15)17-6-4-16-5-7-17/h8-9,14,16H,4-7,15H2,1-3H3. The molecule has 0 aliphatic carbocycles. The van der Waals surface area contributed by atoms with Crippen molar-refractivity contribution in [3.63, 3.8) is 0 Å². The number of benzene rings is 1. The molecular weight excluding hydrogens is 226 g/mol. The number of rotatable bonds is 3. The molecule has 0 saturated carbocycles. The molecule has 1 heterocycles. The van der Waals surface area contributed by atoms with Gasteiger partial charge in [0.25, 0.3) is 0 Å². The Hall–Kier alpha value is -1.10. The van der Waals surface area contributed by atoms with Gasteiger partial charge < -0.3 is 15.8 Å². The number of nitrogens with zero attached hydrogens (tertiary/aromatic N) is 1. The van der Waals surface area contributed by atoms with Gasteiger partial charge in [-0.05, 0) is 42.7 Å². The lowest BCUT2D eigenvalue weighted by Crippen LogP contribution is -2.47. The first-order chi connectivity index (χ1) is 8.63. The fourth-order valence-corrected chi connectivity index (χ4v) is 2.65. The van der Waals surface area contributed by atoms with E-state index in [4.69, 9.17) is 10.5 Å². The molecule has 100 valence electrons. The first kappa shape index (κ1) is 13.3. The quantitative estimate of drug-likeness (QED) is 0.844. The number of aryl methyl sites for hydroxylation is 2. The van der Waals surface area contributed by atoms with Gasteiger partial charge in [0.15, 0.2) is 0 Å². The molecule has 3 N–H and O–H groups in total. The zero-order valence-corrected chi connectivity index (χ0v) is 11.5. The Morgan fingerprint density at radius 2 is 1.78 bits per heavy atom. The third-order valence-corrected chi connectivity index (χ3v) is 3.57. The third-order valence-electron chi connectivity index (χ3n) is 3.57. The van der Waals surface area contributed by atoms with Crippen molar-refractivity contribution in [1.82, 2.24) is 10.2 Å². The van der Waals surface area contributed by atoms with Crippen molar-refractivity contribution in [3.8, 4) is 5.75 Å². The number of nitrogens with two attached hydrogens (primary N) is 1. The molecule has 4 heteroatoms. The second kappa shape index (κ2) is 5.69. The molecule has 1 saturated heterocycles. The molecule has 1 aliphatic heterocycles. The summed E-state index contributed by atoms with van der Waals surface area (Å²) < 4.78 is 5.39. The van der Waals surface area contributed by atoms with Crippen LogP contribution in [0.4, 0.5) is 0 Å². The second-order valence-electron chi connectivity index (χ2n) is 4.92. The van der Waals surface area contributed by atoms with Crippen LogP contribution in [0.15, 0.2) is 12.1 Å². The Bertz CT molecular complexity index is 390. The van der Waals surface area contributed by atoms with Gasteiger partial charge in [-0.15, -0.1) is 0 Å². The van der Waals surface area contributed by atoms with Crippen LogP contribution in [0.2, 0.25) is 0 Å². The Morgan fingerprint density at radius 3 is 2.28 bits per heavy atom. The van der Waals surface area contributed by atoms with E-state index in [1.807, 2.05) is 0 Å². The summed E-state index contributed by atoms with van der Waals surface area (Å²) in [5.74, 6) is 0.964. The van der Waals surface area contributed by atoms with Crippen LogP contribution in [0.5, 0.6) is 5.75 Å². The molecule has 0 amide bonds. The zero-order valence-electron chi connectivity index (χ0n) is 11.5. The minimum absolute atomic E-state index is 0.0181. The van der Waals surface area contributed by atoms with Crippen molar-refractivity contribution in [2.45, 2.75) is 20.0 Å². The van der Waals surface area contributed by atoms with E-state index >= 15 is 0 Å². The van der Waals surface area contributed by atoms with Gasteiger partial charge in [0.1, 0.15) is 5.75 Å². The lowest BCUT2D eigenvalue weighted by Gasteiger charge is -2.33. The summed E-state index contributed by atoms with van der Waals surface area (Å²) in [6, 6.07) is 4.27. The van der Waals surface area contributed by atoms with Crippen molar-refractivity contribution in [2.24, 2.45) is 5.73 Å². The SMILES string of the molecule is COc1c(C)cc(C(N)N2CCNCC2)cc1C. The van der Waals surface area contributed by atoms with Gasteiger partial charge in [-0.1, -0.05) is 0 Å². The van der Waals surface area contributed by atoms with E-state index < -0.39 is 0 Å². The third kappa shape index (κ3) is 2.66. The van der Waals surface area contributed by atoms with Crippen LogP contribution in [0.1, 0.15) is 22.9 Å². The summed E-state index contributed by atoms with van der Waals surface area (Å²) in [6.07, 6.45) is -0.0181. The molecule has 1 aliphatic rings. The summed E-state index contributed by atoms with van der Waals surface area (Å²) in [7, 11) is 1.71. The number of ether oxygens (including phenoxy) is 1. The van der Waals surface area contributed by atoms with Crippen LogP contribution in [-0.4, -0.2) is 38.2 Å². The lowest BCUT2D eigenvalue weighted by atomic mass is 10.0. The fraction of sp³-hybridized carbons (Fsp3) is 0.571. The predicted molar refractivity (Wildman–Crippen MR) is 73.8 cm³/mol. The van der Waals surface area contributed by atoms with Crippen molar-refractivity contribution < 1.29 is 4.74 Å². The molecule has 0 aromatic heterocycles. The van der Waals surface area contributed by atoms with E-state index in [0.717, 1.165) is 43.1 Å². The summed E-state index contributed by atoms with van der Waals surface area (Å²) >= 11 is 0. The average Bonchev–Trinajstić information content (AvgIpc) is 2.38. The Balaban J connectivity index is 2.22. The lowest BCUT2D eigenvalue weighted by molar-refractivity contribution is 0.177. The van der Waals surface area contributed by atoms with Crippen molar-refractivity contribution >= 4 is 0 Å². The smallest absolute Gasteiger partial charge is 0.124 e. The molecule has 0 bridgehead atoms. The first-order valence-electron chi connectivity index (χ1n) is 6.49. The monoisotopic (exact) mass is 249 g/mol. The Morgan fingerprint density at radius 1 is 1.22 bits per heavy atom. The highest BCUT2D eigenvalue weighted by atomic mass is 16.5. The molecule has 1 fully saturated rings. The number of piperazine rings is 1. The largest absolute Gasteiger partial charge is 0.496 e. The van der Waals surface area contributed by atoms with E-state index in [0.29, 0.717) is 0 Å². The van der Waals surface area contributed by atoms with Crippen LogP contribution < -0.4 is 15.8 Å². The van der Waals surface area contributed by atoms with Crippen molar-refractivity contribution in [2.75, 3.05) is 33.3 Å². The van der Waals surface area contributed by atoms with Crippen LogP contribution in [0.25, 0.3) is 0 Å². The van der Waals surface area contributed by atoms with Gasteiger partial charge in [-0.2, -0.15) is 0 Å². The van der Waals surface area contributed by atoms with Gasteiger partial charge in [-0.3, -0.25) is 4.90 Å². The van der Waals surface area contributed by atoms with E-state index in [1.165, 1.54) is 5.56 Å². The van der Waals surface area contributed by atoms with Gasteiger partial charge in [0.05, 0.1) is 13.3 Å². The Kier molecular flexibility index (Phi) is 4.22. The number of methoxy groups -OCH3 is 1. The average molecular weight is 249 g/mol. The maximum absolute atomic E-state index is 6.36. The topological polar surface area (TPSA) is 50.5 Å². The minimum Gasteiger partial charge on any atom is -0.496 e. The molecule has 4 nitrogen and oxygen atoms in total. The number of nitrogens with one attached hydrogen (secondary N) is 1. The number of hydrogen-bond donors (Lipinski definition) is 2. The fourth-order valence-electron chi connectivity index (χ4n) is 2.65. The highest BCUT2D eigenvalue weighted by molar-refractivity contribution is 5.44. The van der Waals surface area contributed by atoms with Gasteiger partial charge in [0, 0.05) is 26.2 Å². The first-order valence-corrected chi connectivity index (χ1v) is 6.49. The molecular formula is C14H23N3O. The predicted octanol–water partition coefficient (Wildman–Crippen LogP) is 1.17. The van der Waals surface area contributed by atoms with E-state index in [1.54, 1.807) is 7.11 Å². The van der Waals surface area contributed by atoms with E-state index in [9.17, 15) is 0 Å². The van der Waals surface area contributed by atoms with E-state index in [2.05, 4.69) is 36.2 Å². The van der Waals surface area contributed by atoms with Crippen LogP contribution in [-0.2, 0) is 0 Å². The molecule has 1 atom stereocenters. The minimum atomic E-state index is -0.0181. The molecule has 0 radical (unpaired) electrons. The maximum Gasteiger partial charge on any atom is 0.124 e. The highest BCUT2D eigenvalue weighted by Gasteiger charge is 2.19. The Labute approximate surface area is 109 Å². The van der Waals surface area contributed by atoms with Gasteiger partial charge in [0.2, 0.25) is 0 Å². The summed E-state index contributed by atoms with van der Waals surface area (Å²) in [4.78, 5) is 2.32. The number of hydrogen-bond acceptors (Lipinski definition) is 4. The maximum atomic E-state index is 6.36. The second-order valence-corrected chi connectivity index (χ2v) is 4.92. The summed E-state index contributed by atoms with van der Waals surface area (Å²) in [6.45, 7) is 8.18. The van der Waals surface area contributed by atoms with Crippen molar-refractivity contribution in [3.05, 3.63) is 28.8 Å². The summed E-state index contributed by atoms with van der Waals surface area (Å²) in [5, 5.41) is 3.34. The van der Waals surface area contributed by atoms with Crippen LogP contribution in [0.3, 0.4) is 0 Å². The molecule has 2 rings (SSSR count). The van der Waals surface area contributed by atoms with E-state index in [-0.39, 0.29) is 6.17 Å². The normalized spacial score (nSPS) is 18.7. The molecule has 1 unspecified atom stereocenters. The highest BCUT2D eigenvalue weighted by Crippen LogP contribution is 2.27. The van der Waals surface area contributed by atoms with Crippen LogP contribution >= 0.6 is 0 Å². The summed E-state index contributed by atoms with van der Waals surface area (Å²) in [5.41, 5.74) is 9.83. The molecule has 1 aromatic carbocycles. The molecule has 1 aromatic rings.